The first kappa shape index (κ1) is 14.1. The van der Waals surface area contributed by atoms with Gasteiger partial charge in [0.15, 0.2) is 0 Å². The summed E-state index contributed by atoms with van der Waals surface area (Å²) < 4.78 is 39.8. The van der Waals surface area contributed by atoms with Crippen molar-refractivity contribution in [1.82, 2.24) is 4.90 Å². The first-order chi connectivity index (χ1) is 8.92. The first-order valence-electron chi connectivity index (χ1n) is 6.17. The normalized spacial score (nSPS) is 21.4. The van der Waals surface area contributed by atoms with Crippen molar-refractivity contribution >= 4 is 0 Å². The van der Waals surface area contributed by atoms with Gasteiger partial charge in [0, 0.05) is 13.1 Å². The molecule has 0 bridgehead atoms. The summed E-state index contributed by atoms with van der Waals surface area (Å²) in [5.74, 6) is -0.213. The molecule has 0 radical (unpaired) electrons. The Balaban J connectivity index is 1.91. The van der Waals surface area contributed by atoms with E-state index in [1.807, 2.05) is 0 Å². The van der Waals surface area contributed by atoms with Gasteiger partial charge in [-0.15, -0.1) is 13.2 Å². The molecule has 19 heavy (non-hydrogen) atoms. The maximum absolute atomic E-state index is 12.0. The molecule has 0 aromatic heterocycles. The van der Waals surface area contributed by atoms with Gasteiger partial charge in [-0.25, -0.2) is 0 Å². The number of aliphatic hydroxyl groups is 1. The van der Waals surface area contributed by atoms with Crippen LogP contribution in [0.15, 0.2) is 24.3 Å². The maximum atomic E-state index is 12.0. The van der Waals surface area contributed by atoms with Crippen molar-refractivity contribution in [3.05, 3.63) is 29.8 Å². The molecule has 1 aliphatic heterocycles. The van der Waals surface area contributed by atoms with E-state index in [0.29, 0.717) is 13.1 Å². The minimum absolute atomic E-state index is 0.213. The predicted octanol–water partition coefficient (Wildman–Crippen LogP) is 2.54. The van der Waals surface area contributed by atoms with E-state index in [0.717, 1.165) is 24.9 Å². The summed E-state index contributed by atoms with van der Waals surface area (Å²) in [7, 11) is 0. The van der Waals surface area contributed by atoms with Crippen molar-refractivity contribution in [2.45, 2.75) is 31.9 Å². The molecule has 2 rings (SSSR count). The Hall–Kier alpha value is -1.27. The second kappa shape index (κ2) is 5.79. The smallest absolute Gasteiger partial charge is 0.406 e. The molecule has 0 saturated carbocycles. The van der Waals surface area contributed by atoms with Crippen LogP contribution >= 0.6 is 0 Å². The molecule has 1 fully saturated rings. The molecule has 1 N–H and O–H groups in total. The van der Waals surface area contributed by atoms with Crippen molar-refractivity contribution in [1.29, 1.82) is 0 Å². The quantitative estimate of drug-likeness (QED) is 0.920. The molecule has 1 heterocycles. The predicted molar refractivity (Wildman–Crippen MR) is 63.6 cm³/mol. The van der Waals surface area contributed by atoms with Gasteiger partial charge < -0.3 is 9.84 Å². The lowest BCUT2D eigenvalue weighted by Crippen LogP contribution is -2.37. The number of benzene rings is 1. The van der Waals surface area contributed by atoms with E-state index >= 15 is 0 Å². The van der Waals surface area contributed by atoms with Gasteiger partial charge in [0.2, 0.25) is 0 Å². The molecular formula is C13H16F3NO2. The van der Waals surface area contributed by atoms with Gasteiger partial charge in [-0.3, -0.25) is 4.90 Å². The number of nitrogens with zero attached hydrogens (tertiary/aromatic N) is 1. The fraction of sp³-hybridized carbons (Fsp3) is 0.538. The number of β-amino-alcohol motifs (C(OH)–C–C–N with tert-alkyl or cyclic N) is 1. The zero-order valence-electron chi connectivity index (χ0n) is 10.4. The van der Waals surface area contributed by atoms with Crippen molar-refractivity contribution < 1.29 is 23.0 Å². The van der Waals surface area contributed by atoms with E-state index in [-0.39, 0.29) is 11.9 Å². The molecule has 6 heteroatoms. The molecule has 1 atom stereocenters. The highest BCUT2D eigenvalue weighted by molar-refractivity contribution is 5.27. The summed E-state index contributed by atoms with van der Waals surface area (Å²) in [6.45, 7) is 2.14. The molecule has 1 unspecified atom stereocenters. The zero-order valence-corrected chi connectivity index (χ0v) is 10.4. The van der Waals surface area contributed by atoms with Crippen molar-refractivity contribution in [3.8, 4) is 5.75 Å². The number of aliphatic hydroxyl groups excluding tert-OH is 1. The third-order valence-corrected chi connectivity index (χ3v) is 3.04. The van der Waals surface area contributed by atoms with Crippen molar-refractivity contribution in [3.63, 3.8) is 0 Å². The van der Waals surface area contributed by atoms with Gasteiger partial charge in [-0.2, -0.15) is 0 Å². The highest BCUT2D eigenvalue weighted by Gasteiger charge is 2.31. The SMILES string of the molecule is OC1CCCN(Cc2ccc(OC(F)(F)F)cc2)C1. The molecule has 1 aromatic rings. The molecule has 1 aliphatic rings. The van der Waals surface area contributed by atoms with Gasteiger partial charge >= 0.3 is 6.36 Å². The summed E-state index contributed by atoms with van der Waals surface area (Å²) in [5.41, 5.74) is 0.906. The Morgan fingerprint density at radius 2 is 1.95 bits per heavy atom. The van der Waals surface area contributed by atoms with Gasteiger partial charge in [0.05, 0.1) is 6.10 Å². The molecule has 0 amide bonds. The van der Waals surface area contributed by atoms with Crippen LogP contribution in [0.2, 0.25) is 0 Å². The molecule has 1 saturated heterocycles. The molecule has 3 nitrogen and oxygen atoms in total. The number of rotatable bonds is 3. The molecule has 106 valence electrons. The lowest BCUT2D eigenvalue weighted by atomic mass is 10.1. The number of ether oxygens (including phenoxy) is 1. The minimum Gasteiger partial charge on any atom is -0.406 e. The van der Waals surface area contributed by atoms with E-state index in [1.165, 1.54) is 12.1 Å². The number of hydrogen-bond donors (Lipinski definition) is 1. The van der Waals surface area contributed by atoms with Gasteiger partial charge in [0.25, 0.3) is 0 Å². The third-order valence-electron chi connectivity index (χ3n) is 3.04. The second-order valence-corrected chi connectivity index (χ2v) is 4.72. The topological polar surface area (TPSA) is 32.7 Å². The highest BCUT2D eigenvalue weighted by atomic mass is 19.4. The van der Waals surface area contributed by atoms with Gasteiger partial charge in [0.1, 0.15) is 5.75 Å². The summed E-state index contributed by atoms with van der Waals surface area (Å²) in [5, 5.41) is 9.54. The van der Waals surface area contributed by atoms with E-state index in [1.54, 1.807) is 12.1 Å². The number of hydrogen-bond acceptors (Lipinski definition) is 3. The van der Waals surface area contributed by atoms with E-state index in [9.17, 15) is 18.3 Å². The fourth-order valence-electron chi connectivity index (χ4n) is 2.23. The number of piperidine rings is 1. The Kier molecular flexibility index (Phi) is 4.31. The van der Waals surface area contributed by atoms with Crippen LogP contribution in [0.25, 0.3) is 0 Å². The molecule has 1 aromatic carbocycles. The molecular weight excluding hydrogens is 259 g/mol. The minimum atomic E-state index is -4.65. The van der Waals surface area contributed by atoms with Gasteiger partial charge in [-0.1, -0.05) is 12.1 Å². The van der Waals surface area contributed by atoms with E-state index < -0.39 is 6.36 Å². The van der Waals surface area contributed by atoms with Crippen LogP contribution in [0.4, 0.5) is 13.2 Å². The van der Waals surface area contributed by atoms with Gasteiger partial charge in [-0.05, 0) is 37.1 Å². The maximum Gasteiger partial charge on any atom is 0.573 e. The fourth-order valence-corrected chi connectivity index (χ4v) is 2.23. The molecule has 0 spiro atoms. The summed E-state index contributed by atoms with van der Waals surface area (Å²) >= 11 is 0. The Morgan fingerprint density at radius 1 is 1.26 bits per heavy atom. The number of halogens is 3. The average molecular weight is 275 g/mol. The Bertz CT molecular complexity index is 405. The van der Waals surface area contributed by atoms with Crippen LogP contribution < -0.4 is 4.74 Å². The lowest BCUT2D eigenvalue weighted by Gasteiger charge is -2.29. The summed E-state index contributed by atoms with van der Waals surface area (Å²) in [6.07, 6.45) is -3.20. The van der Waals surface area contributed by atoms with Crippen LogP contribution in [0.1, 0.15) is 18.4 Å². The number of alkyl halides is 3. The van der Waals surface area contributed by atoms with Crippen LogP contribution in [0.3, 0.4) is 0 Å². The van der Waals surface area contributed by atoms with E-state index in [2.05, 4.69) is 9.64 Å². The molecule has 0 aliphatic carbocycles. The Morgan fingerprint density at radius 3 is 2.53 bits per heavy atom. The zero-order chi connectivity index (χ0) is 13.9. The van der Waals surface area contributed by atoms with Crippen LogP contribution in [0.5, 0.6) is 5.75 Å². The Labute approximate surface area is 109 Å². The van der Waals surface area contributed by atoms with Crippen LogP contribution in [-0.4, -0.2) is 35.6 Å². The summed E-state index contributed by atoms with van der Waals surface area (Å²) in [6, 6.07) is 5.84. The highest BCUT2D eigenvalue weighted by Crippen LogP contribution is 2.23. The standard InChI is InChI=1S/C13H16F3NO2/c14-13(15,16)19-12-5-3-10(4-6-12)8-17-7-1-2-11(18)9-17/h3-6,11,18H,1-2,7-9H2. The van der Waals surface area contributed by atoms with Crippen LogP contribution in [-0.2, 0) is 6.54 Å². The van der Waals surface area contributed by atoms with E-state index in [4.69, 9.17) is 0 Å². The number of likely N-dealkylation sites (tertiary alicyclic amines) is 1. The third kappa shape index (κ3) is 4.72. The lowest BCUT2D eigenvalue weighted by molar-refractivity contribution is -0.274. The van der Waals surface area contributed by atoms with Crippen molar-refractivity contribution in [2.24, 2.45) is 0 Å². The van der Waals surface area contributed by atoms with Crippen LogP contribution in [0, 0.1) is 0 Å². The first-order valence-corrected chi connectivity index (χ1v) is 6.17. The largest absolute Gasteiger partial charge is 0.573 e. The van der Waals surface area contributed by atoms with Crippen molar-refractivity contribution in [2.75, 3.05) is 13.1 Å². The summed E-state index contributed by atoms with van der Waals surface area (Å²) in [4.78, 5) is 2.09. The average Bonchev–Trinajstić information content (AvgIpc) is 2.30. The second-order valence-electron chi connectivity index (χ2n) is 4.72. The monoisotopic (exact) mass is 275 g/mol.